The van der Waals surface area contributed by atoms with Crippen molar-refractivity contribution in [3.05, 3.63) is 72.4 Å². The minimum atomic E-state index is -4.68. The summed E-state index contributed by atoms with van der Waals surface area (Å²) >= 11 is 0. The fourth-order valence-electron chi connectivity index (χ4n) is 2.39. The molecule has 5 heteroatoms. The zero-order chi connectivity index (χ0) is 16.4. The van der Waals surface area contributed by atoms with Gasteiger partial charge >= 0.3 is 6.18 Å². The van der Waals surface area contributed by atoms with E-state index in [1.165, 1.54) is 12.1 Å². The molecular formula is C18H14F3NO. The second-order valence-electron chi connectivity index (χ2n) is 5.21. The van der Waals surface area contributed by atoms with Gasteiger partial charge in [0.2, 0.25) is 0 Å². The van der Waals surface area contributed by atoms with E-state index in [4.69, 9.17) is 0 Å². The molecule has 2 nitrogen and oxygen atoms in total. The molecule has 0 spiro atoms. The van der Waals surface area contributed by atoms with Gasteiger partial charge in [0.15, 0.2) is 6.10 Å². The SMILES string of the molecule is OC(c1ccc(-c2ccc(-c3ccccc3)cc2)[nH]1)C(F)(F)F. The lowest BCUT2D eigenvalue weighted by atomic mass is 10.0. The predicted molar refractivity (Wildman–Crippen MR) is 82.7 cm³/mol. The summed E-state index contributed by atoms with van der Waals surface area (Å²) in [5.74, 6) is 0. The topological polar surface area (TPSA) is 36.0 Å². The molecule has 23 heavy (non-hydrogen) atoms. The molecule has 0 bridgehead atoms. The molecular weight excluding hydrogens is 303 g/mol. The highest BCUT2D eigenvalue weighted by molar-refractivity contribution is 5.69. The number of nitrogens with one attached hydrogen (secondary N) is 1. The Morgan fingerprint density at radius 2 is 1.30 bits per heavy atom. The van der Waals surface area contributed by atoms with E-state index >= 15 is 0 Å². The second kappa shape index (κ2) is 5.93. The van der Waals surface area contributed by atoms with Gasteiger partial charge in [0.25, 0.3) is 0 Å². The van der Waals surface area contributed by atoms with Gasteiger partial charge in [-0.05, 0) is 28.8 Å². The van der Waals surface area contributed by atoms with Crippen LogP contribution in [0.2, 0.25) is 0 Å². The van der Waals surface area contributed by atoms with Crippen LogP contribution < -0.4 is 0 Å². The highest BCUT2D eigenvalue weighted by Crippen LogP contribution is 2.33. The van der Waals surface area contributed by atoms with Crippen molar-refractivity contribution in [1.82, 2.24) is 4.98 Å². The van der Waals surface area contributed by atoms with E-state index in [-0.39, 0.29) is 5.69 Å². The van der Waals surface area contributed by atoms with Crippen LogP contribution in [0.5, 0.6) is 0 Å². The normalized spacial score (nSPS) is 13.0. The average Bonchev–Trinajstić information content (AvgIpc) is 3.04. The van der Waals surface area contributed by atoms with Crippen molar-refractivity contribution in [3.8, 4) is 22.4 Å². The van der Waals surface area contributed by atoms with Crippen molar-refractivity contribution < 1.29 is 18.3 Å². The predicted octanol–water partition coefficient (Wildman–Crippen LogP) is 4.94. The number of aromatic amines is 1. The first-order valence-electron chi connectivity index (χ1n) is 7.05. The molecule has 2 N–H and O–H groups in total. The van der Waals surface area contributed by atoms with Crippen LogP contribution in [0.4, 0.5) is 13.2 Å². The third kappa shape index (κ3) is 3.29. The Balaban J connectivity index is 1.85. The lowest BCUT2D eigenvalue weighted by Crippen LogP contribution is -2.20. The van der Waals surface area contributed by atoms with Crippen LogP contribution in [0.1, 0.15) is 11.8 Å². The number of aromatic nitrogens is 1. The van der Waals surface area contributed by atoms with Crippen molar-refractivity contribution in [2.24, 2.45) is 0 Å². The van der Waals surface area contributed by atoms with Crippen LogP contribution in [0.3, 0.4) is 0 Å². The molecule has 2 aromatic carbocycles. The van der Waals surface area contributed by atoms with Crippen LogP contribution in [-0.2, 0) is 0 Å². The monoisotopic (exact) mass is 317 g/mol. The highest BCUT2D eigenvalue weighted by Gasteiger charge is 2.40. The van der Waals surface area contributed by atoms with Gasteiger partial charge in [0, 0.05) is 5.69 Å². The lowest BCUT2D eigenvalue weighted by molar-refractivity contribution is -0.207. The Bertz CT molecular complexity index is 776. The molecule has 1 aromatic heterocycles. The summed E-state index contributed by atoms with van der Waals surface area (Å²) < 4.78 is 37.6. The molecule has 0 saturated carbocycles. The van der Waals surface area contributed by atoms with Crippen LogP contribution in [-0.4, -0.2) is 16.3 Å². The summed E-state index contributed by atoms with van der Waals surface area (Å²) in [4.78, 5) is 2.63. The maximum atomic E-state index is 12.5. The van der Waals surface area contributed by atoms with Crippen LogP contribution >= 0.6 is 0 Å². The largest absolute Gasteiger partial charge is 0.420 e. The molecule has 3 aromatic rings. The Kier molecular flexibility index (Phi) is 3.96. The zero-order valence-corrected chi connectivity index (χ0v) is 12.0. The van der Waals surface area contributed by atoms with Crippen LogP contribution in [0, 0.1) is 0 Å². The summed E-state index contributed by atoms with van der Waals surface area (Å²) in [6, 6.07) is 20.1. The third-order valence-electron chi connectivity index (χ3n) is 3.62. The van der Waals surface area contributed by atoms with Crippen LogP contribution in [0.15, 0.2) is 66.7 Å². The molecule has 0 fully saturated rings. The molecule has 0 amide bonds. The number of hydrogen-bond donors (Lipinski definition) is 2. The Labute approximate surface area is 131 Å². The van der Waals surface area contributed by atoms with Gasteiger partial charge in [-0.3, -0.25) is 0 Å². The molecule has 0 aliphatic rings. The van der Waals surface area contributed by atoms with Crippen molar-refractivity contribution in [2.45, 2.75) is 12.3 Å². The second-order valence-corrected chi connectivity index (χ2v) is 5.21. The fraction of sp³-hybridized carbons (Fsp3) is 0.111. The van der Waals surface area contributed by atoms with E-state index in [0.717, 1.165) is 16.7 Å². The van der Waals surface area contributed by atoms with Gasteiger partial charge in [-0.2, -0.15) is 13.2 Å². The summed E-state index contributed by atoms with van der Waals surface area (Å²) in [5.41, 5.74) is 3.11. The first-order chi connectivity index (χ1) is 10.9. The van der Waals surface area contributed by atoms with Gasteiger partial charge in [0.1, 0.15) is 0 Å². The van der Waals surface area contributed by atoms with E-state index < -0.39 is 12.3 Å². The molecule has 0 aliphatic heterocycles. The maximum absolute atomic E-state index is 12.5. The van der Waals surface area contributed by atoms with E-state index in [9.17, 15) is 18.3 Å². The Morgan fingerprint density at radius 1 is 0.739 bits per heavy atom. The van der Waals surface area contributed by atoms with E-state index in [2.05, 4.69) is 4.98 Å². The lowest BCUT2D eigenvalue weighted by Gasteiger charge is -2.12. The minimum absolute atomic E-state index is 0.264. The van der Waals surface area contributed by atoms with Crippen molar-refractivity contribution in [2.75, 3.05) is 0 Å². The van der Waals surface area contributed by atoms with Crippen molar-refractivity contribution in [3.63, 3.8) is 0 Å². The van der Waals surface area contributed by atoms with E-state index in [0.29, 0.717) is 5.69 Å². The molecule has 1 heterocycles. The van der Waals surface area contributed by atoms with Gasteiger partial charge in [-0.1, -0.05) is 54.6 Å². The number of H-pyrrole nitrogens is 1. The summed E-state index contributed by atoms with van der Waals surface area (Å²) in [5, 5.41) is 9.25. The molecule has 0 aliphatic carbocycles. The number of benzene rings is 2. The van der Waals surface area contributed by atoms with Crippen LogP contribution in [0.25, 0.3) is 22.4 Å². The first kappa shape index (κ1) is 15.4. The quantitative estimate of drug-likeness (QED) is 0.705. The number of aliphatic hydroxyl groups excluding tert-OH is 1. The van der Waals surface area contributed by atoms with Crippen molar-refractivity contribution >= 4 is 0 Å². The summed E-state index contributed by atoms with van der Waals surface area (Å²) in [7, 11) is 0. The van der Waals surface area contributed by atoms with Gasteiger partial charge < -0.3 is 10.1 Å². The number of hydrogen-bond acceptors (Lipinski definition) is 1. The maximum Gasteiger partial charge on any atom is 0.420 e. The third-order valence-corrected chi connectivity index (χ3v) is 3.62. The molecule has 3 rings (SSSR count). The van der Waals surface area contributed by atoms with Gasteiger partial charge in [-0.25, -0.2) is 0 Å². The van der Waals surface area contributed by atoms with Crippen molar-refractivity contribution in [1.29, 1.82) is 0 Å². The first-order valence-corrected chi connectivity index (χ1v) is 7.05. The minimum Gasteiger partial charge on any atom is -0.378 e. The van der Waals surface area contributed by atoms with Gasteiger partial charge in [0.05, 0.1) is 5.69 Å². The number of alkyl halides is 3. The summed E-state index contributed by atoms with van der Waals surface area (Å²) in [6.45, 7) is 0. The molecule has 0 saturated heterocycles. The smallest absolute Gasteiger partial charge is 0.378 e. The zero-order valence-electron chi connectivity index (χ0n) is 12.0. The van der Waals surface area contributed by atoms with E-state index in [1.54, 1.807) is 0 Å². The summed E-state index contributed by atoms with van der Waals surface area (Å²) in [6.07, 6.45) is -7.18. The Morgan fingerprint density at radius 3 is 1.91 bits per heavy atom. The standard InChI is InChI=1S/C18H14F3NO/c19-18(20,21)17(23)16-11-10-15(22-16)14-8-6-13(7-9-14)12-4-2-1-3-5-12/h1-11,17,22-23H. The average molecular weight is 317 g/mol. The number of aliphatic hydroxyl groups is 1. The fourth-order valence-corrected chi connectivity index (χ4v) is 2.39. The number of halogens is 3. The molecule has 1 atom stereocenters. The molecule has 118 valence electrons. The molecule has 1 unspecified atom stereocenters. The number of rotatable bonds is 3. The Hall–Kier alpha value is -2.53. The highest BCUT2D eigenvalue weighted by atomic mass is 19.4. The van der Waals surface area contributed by atoms with Gasteiger partial charge in [-0.15, -0.1) is 0 Å². The molecule has 0 radical (unpaired) electrons. The van der Waals surface area contributed by atoms with E-state index in [1.807, 2.05) is 54.6 Å².